The van der Waals surface area contributed by atoms with E-state index in [1.165, 1.54) is 0 Å². The molecule has 0 radical (unpaired) electrons. The maximum absolute atomic E-state index is 12.5. The minimum atomic E-state index is -3.57. The summed E-state index contributed by atoms with van der Waals surface area (Å²) in [6.07, 6.45) is 0.679. The molecular weight excluding hydrogens is 306 g/mol. The van der Waals surface area contributed by atoms with Gasteiger partial charge in [-0.15, -0.1) is 11.6 Å². The number of fused-ring (bicyclic) bond motifs is 1. The van der Waals surface area contributed by atoms with Gasteiger partial charge >= 0.3 is 0 Å². The highest BCUT2D eigenvalue weighted by Crippen LogP contribution is 2.35. The van der Waals surface area contributed by atoms with Crippen LogP contribution in [0.2, 0.25) is 0 Å². The van der Waals surface area contributed by atoms with Crippen molar-refractivity contribution in [3.05, 3.63) is 65.2 Å². The third-order valence-corrected chi connectivity index (χ3v) is 5.64. The summed E-state index contributed by atoms with van der Waals surface area (Å²) < 4.78 is 27.7. The van der Waals surface area contributed by atoms with E-state index in [1.54, 1.807) is 24.3 Å². The Labute approximate surface area is 130 Å². The average Bonchev–Trinajstić information content (AvgIpc) is 2.75. The molecule has 0 heterocycles. The molecule has 110 valence electrons. The lowest BCUT2D eigenvalue weighted by Gasteiger charge is -2.17. The van der Waals surface area contributed by atoms with Gasteiger partial charge in [0.05, 0.1) is 16.3 Å². The van der Waals surface area contributed by atoms with Crippen LogP contribution in [0.1, 0.15) is 22.7 Å². The monoisotopic (exact) mass is 321 g/mol. The Morgan fingerprint density at radius 3 is 2.48 bits per heavy atom. The number of hydrogen-bond acceptors (Lipinski definition) is 2. The Balaban J connectivity index is 1.91. The second-order valence-electron chi connectivity index (χ2n) is 5.33. The van der Waals surface area contributed by atoms with Gasteiger partial charge in [-0.2, -0.15) is 0 Å². The van der Waals surface area contributed by atoms with E-state index in [0.29, 0.717) is 6.42 Å². The minimum absolute atomic E-state index is 0.261. The van der Waals surface area contributed by atoms with Gasteiger partial charge in [-0.25, -0.2) is 13.1 Å². The summed E-state index contributed by atoms with van der Waals surface area (Å²) in [7, 11) is -3.57. The van der Waals surface area contributed by atoms with E-state index in [1.807, 2.05) is 31.2 Å². The second kappa shape index (κ2) is 5.44. The fourth-order valence-electron chi connectivity index (χ4n) is 2.64. The van der Waals surface area contributed by atoms with Gasteiger partial charge in [0, 0.05) is 0 Å². The molecule has 0 amide bonds. The lowest BCUT2D eigenvalue weighted by atomic mass is 10.1. The molecule has 0 saturated carbocycles. The zero-order valence-corrected chi connectivity index (χ0v) is 13.2. The Bertz CT molecular complexity index is 756. The summed E-state index contributed by atoms with van der Waals surface area (Å²) in [6.45, 7) is 1.92. The quantitative estimate of drug-likeness (QED) is 0.883. The summed E-state index contributed by atoms with van der Waals surface area (Å²) in [5.41, 5.74) is 3.10. The summed E-state index contributed by atoms with van der Waals surface area (Å²) >= 11 is 6.34. The maximum atomic E-state index is 12.5. The molecule has 0 aliphatic heterocycles. The molecule has 0 bridgehead atoms. The fraction of sp³-hybridized carbons (Fsp3) is 0.250. The summed E-state index contributed by atoms with van der Waals surface area (Å²) in [6, 6.07) is 14.2. The molecule has 21 heavy (non-hydrogen) atoms. The first kappa shape index (κ1) is 14.6. The average molecular weight is 322 g/mol. The van der Waals surface area contributed by atoms with Crippen LogP contribution in [0.3, 0.4) is 0 Å². The molecule has 0 spiro atoms. The van der Waals surface area contributed by atoms with Crippen molar-refractivity contribution >= 4 is 21.6 Å². The number of aryl methyl sites for hydroxylation is 1. The van der Waals surface area contributed by atoms with Crippen LogP contribution in [0.4, 0.5) is 0 Å². The van der Waals surface area contributed by atoms with Crippen molar-refractivity contribution in [3.8, 4) is 0 Å². The van der Waals surface area contributed by atoms with Crippen molar-refractivity contribution in [3.63, 3.8) is 0 Å². The largest absolute Gasteiger partial charge is 0.241 e. The Morgan fingerprint density at radius 2 is 1.76 bits per heavy atom. The summed E-state index contributed by atoms with van der Waals surface area (Å²) in [4.78, 5) is 0.265. The van der Waals surface area contributed by atoms with Crippen LogP contribution < -0.4 is 4.72 Å². The van der Waals surface area contributed by atoms with Gasteiger partial charge in [-0.3, -0.25) is 0 Å². The normalized spacial score (nSPS) is 21.2. The molecule has 0 saturated heterocycles. The molecule has 1 N–H and O–H groups in total. The summed E-state index contributed by atoms with van der Waals surface area (Å²) in [5, 5.41) is -0.261. The van der Waals surface area contributed by atoms with E-state index >= 15 is 0 Å². The van der Waals surface area contributed by atoms with E-state index in [-0.39, 0.29) is 16.3 Å². The second-order valence-corrected chi connectivity index (χ2v) is 7.61. The highest BCUT2D eigenvalue weighted by atomic mass is 35.5. The maximum Gasteiger partial charge on any atom is 0.241 e. The minimum Gasteiger partial charge on any atom is -0.207 e. The van der Waals surface area contributed by atoms with Gasteiger partial charge in [-0.05, 0) is 36.6 Å². The number of sulfonamides is 1. The topological polar surface area (TPSA) is 46.2 Å². The van der Waals surface area contributed by atoms with Crippen LogP contribution in [0.25, 0.3) is 0 Å². The number of alkyl halides is 1. The highest BCUT2D eigenvalue weighted by Gasteiger charge is 2.34. The van der Waals surface area contributed by atoms with Crippen LogP contribution in [0.15, 0.2) is 53.4 Å². The van der Waals surface area contributed by atoms with Gasteiger partial charge in [0.25, 0.3) is 0 Å². The van der Waals surface area contributed by atoms with Crippen molar-refractivity contribution < 1.29 is 8.42 Å². The molecule has 2 unspecified atom stereocenters. The van der Waals surface area contributed by atoms with Crippen LogP contribution in [-0.4, -0.2) is 13.8 Å². The predicted molar refractivity (Wildman–Crippen MR) is 84.0 cm³/mol. The Kier molecular flexibility index (Phi) is 3.78. The number of hydrogen-bond donors (Lipinski definition) is 1. The first-order chi connectivity index (χ1) is 9.97. The molecule has 3 rings (SSSR count). The number of rotatable bonds is 3. The van der Waals surface area contributed by atoms with Gasteiger partial charge < -0.3 is 0 Å². The first-order valence-corrected chi connectivity index (χ1v) is 8.70. The van der Waals surface area contributed by atoms with E-state index in [0.717, 1.165) is 16.7 Å². The van der Waals surface area contributed by atoms with Gasteiger partial charge in [0.15, 0.2) is 0 Å². The molecule has 0 fully saturated rings. The molecule has 2 atom stereocenters. The zero-order chi connectivity index (χ0) is 15.0. The van der Waals surface area contributed by atoms with E-state index in [9.17, 15) is 8.42 Å². The molecule has 2 aromatic carbocycles. The number of halogens is 1. The summed E-state index contributed by atoms with van der Waals surface area (Å²) in [5.74, 6) is 0. The molecular formula is C16H16ClNO2S. The lowest BCUT2D eigenvalue weighted by molar-refractivity contribution is 0.556. The third-order valence-electron chi connectivity index (χ3n) is 3.78. The number of benzene rings is 2. The molecule has 3 nitrogen and oxygen atoms in total. The lowest BCUT2D eigenvalue weighted by Crippen LogP contribution is -2.31. The SMILES string of the molecule is Cc1ccc(S(=O)(=O)NC2c3ccccc3CC2Cl)cc1. The van der Waals surface area contributed by atoms with Crippen molar-refractivity contribution in [1.29, 1.82) is 0 Å². The zero-order valence-electron chi connectivity index (χ0n) is 11.6. The van der Waals surface area contributed by atoms with Crippen LogP contribution in [-0.2, 0) is 16.4 Å². The predicted octanol–water partition coefficient (Wildman–Crippen LogP) is 3.18. The van der Waals surface area contributed by atoms with Gasteiger partial charge in [-0.1, -0.05) is 42.0 Å². The molecule has 1 aliphatic rings. The molecule has 5 heteroatoms. The Morgan fingerprint density at radius 1 is 1.10 bits per heavy atom. The third kappa shape index (κ3) is 2.84. The smallest absolute Gasteiger partial charge is 0.207 e. The van der Waals surface area contributed by atoms with E-state index in [4.69, 9.17) is 11.6 Å². The van der Waals surface area contributed by atoms with Crippen molar-refractivity contribution in [2.24, 2.45) is 0 Å². The van der Waals surface area contributed by atoms with Crippen molar-refractivity contribution in [2.75, 3.05) is 0 Å². The number of nitrogens with one attached hydrogen (secondary N) is 1. The van der Waals surface area contributed by atoms with Crippen LogP contribution in [0.5, 0.6) is 0 Å². The standard InChI is InChI=1S/C16H16ClNO2S/c1-11-6-8-13(9-7-11)21(19,20)18-16-14-5-3-2-4-12(14)10-15(16)17/h2-9,15-16,18H,10H2,1H3. The first-order valence-electron chi connectivity index (χ1n) is 6.78. The van der Waals surface area contributed by atoms with Crippen molar-refractivity contribution in [2.45, 2.75) is 29.7 Å². The van der Waals surface area contributed by atoms with Crippen LogP contribution in [0, 0.1) is 6.92 Å². The molecule has 0 aromatic heterocycles. The van der Waals surface area contributed by atoms with E-state index in [2.05, 4.69) is 4.72 Å². The van der Waals surface area contributed by atoms with Gasteiger partial charge in [0.2, 0.25) is 10.0 Å². The van der Waals surface area contributed by atoms with E-state index < -0.39 is 10.0 Å². The fourth-order valence-corrected chi connectivity index (χ4v) is 4.33. The van der Waals surface area contributed by atoms with Crippen molar-refractivity contribution in [1.82, 2.24) is 4.72 Å². The van der Waals surface area contributed by atoms with Crippen LogP contribution >= 0.6 is 11.6 Å². The highest BCUT2D eigenvalue weighted by molar-refractivity contribution is 7.89. The molecule has 2 aromatic rings. The Hall–Kier alpha value is -1.36. The molecule has 1 aliphatic carbocycles. The van der Waals surface area contributed by atoms with Gasteiger partial charge in [0.1, 0.15) is 0 Å².